The van der Waals surface area contributed by atoms with E-state index in [2.05, 4.69) is 4.74 Å². The number of anilines is 1. The second-order valence-corrected chi connectivity index (χ2v) is 7.10. The van der Waals surface area contributed by atoms with Gasteiger partial charge in [-0.3, -0.25) is 15.0 Å². The van der Waals surface area contributed by atoms with Crippen LogP contribution < -0.4 is 15.0 Å². The molecule has 186 valence electrons. The van der Waals surface area contributed by atoms with Crippen LogP contribution in [0.2, 0.25) is 10.0 Å². The number of halogens is 11. The molecule has 2 aromatic rings. The van der Waals surface area contributed by atoms with Crippen molar-refractivity contribution < 1.29 is 53.8 Å². The van der Waals surface area contributed by atoms with Gasteiger partial charge in [0.05, 0.1) is 10.7 Å². The molecule has 1 N–H and O–H groups in total. The maximum absolute atomic E-state index is 14.6. The number of hydrogen-bond acceptors (Lipinski definition) is 3. The maximum atomic E-state index is 14.6. The van der Waals surface area contributed by atoms with Gasteiger partial charge in [0.25, 0.3) is 12.1 Å². The van der Waals surface area contributed by atoms with Gasteiger partial charge >= 0.3 is 18.3 Å². The van der Waals surface area contributed by atoms with E-state index in [1.54, 1.807) is 0 Å². The van der Waals surface area contributed by atoms with Crippen molar-refractivity contribution in [3.63, 3.8) is 0 Å². The average Bonchev–Trinajstić information content (AvgIpc) is 2.71. The Morgan fingerprint density at radius 1 is 1.06 bits per heavy atom. The van der Waals surface area contributed by atoms with Gasteiger partial charge in [-0.05, 0) is 18.2 Å². The van der Waals surface area contributed by atoms with Crippen molar-refractivity contribution in [2.45, 2.75) is 18.5 Å². The van der Waals surface area contributed by atoms with E-state index in [4.69, 9.17) is 23.2 Å². The van der Waals surface area contributed by atoms with Crippen LogP contribution in [0.4, 0.5) is 50.0 Å². The van der Waals surface area contributed by atoms with E-state index < -0.39 is 74.9 Å². The number of benzene rings is 2. The molecule has 0 bridgehead atoms. The molecule has 2 rings (SSSR count). The summed E-state index contributed by atoms with van der Waals surface area (Å²) < 4.78 is 122. The van der Waals surface area contributed by atoms with Gasteiger partial charge < -0.3 is 4.74 Å². The molecule has 0 radical (unpaired) electrons. The van der Waals surface area contributed by atoms with Crippen LogP contribution in [0.5, 0.6) is 5.75 Å². The number of imide groups is 1. The van der Waals surface area contributed by atoms with Gasteiger partial charge in [-0.25, -0.2) is 22.4 Å². The van der Waals surface area contributed by atoms with Crippen LogP contribution in [-0.4, -0.2) is 37.4 Å². The Morgan fingerprint density at radius 3 is 2.09 bits per heavy atom. The standard InChI is InChI=1S/C18H9Cl2F9N2O3/c1-31(16(33)30-14(32)10-7(21)3-2-4-8(10)22)9-5-6(19)13(11(20)12(9)23)34-18(28,29)15(24)17(25,26)27/h2-5,15H,1H3,(H,30,32,33). The summed E-state index contributed by atoms with van der Waals surface area (Å²) >= 11 is 11.1. The maximum Gasteiger partial charge on any atom is 0.439 e. The van der Waals surface area contributed by atoms with E-state index in [0.717, 1.165) is 13.1 Å². The summed E-state index contributed by atoms with van der Waals surface area (Å²) in [6, 6.07) is 1.21. The van der Waals surface area contributed by atoms with Gasteiger partial charge in [0, 0.05) is 7.05 Å². The van der Waals surface area contributed by atoms with E-state index in [1.165, 1.54) is 5.32 Å². The zero-order valence-corrected chi connectivity index (χ0v) is 17.7. The largest absolute Gasteiger partial charge is 0.439 e. The predicted molar refractivity (Wildman–Crippen MR) is 101 cm³/mol. The summed E-state index contributed by atoms with van der Waals surface area (Å²) in [4.78, 5) is 24.5. The summed E-state index contributed by atoms with van der Waals surface area (Å²) in [5.41, 5.74) is -2.09. The molecule has 0 spiro atoms. The third-order valence-corrected chi connectivity index (χ3v) is 4.61. The van der Waals surface area contributed by atoms with Crippen LogP contribution in [0.15, 0.2) is 24.3 Å². The Hall–Kier alpha value is -2.87. The molecule has 16 heteroatoms. The number of urea groups is 1. The second-order valence-electron chi connectivity index (χ2n) is 6.32. The lowest BCUT2D eigenvalue weighted by atomic mass is 10.2. The van der Waals surface area contributed by atoms with Gasteiger partial charge in [-0.15, -0.1) is 0 Å². The van der Waals surface area contributed by atoms with E-state index in [0.29, 0.717) is 18.2 Å². The summed E-state index contributed by atoms with van der Waals surface area (Å²) in [5.74, 6) is -7.60. The number of nitrogens with one attached hydrogen (secondary N) is 1. The number of amides is 3. The summed E-state index contributed by atoms with van der Waals surface area (Å²) in [5, 5.41) is -1.04. The highest BCUT2D eigenvalue weighted by atomic mass is 35.5. The molecule has 3 amide bonds. The molecule has 0 aliphatic heterocycles. The topological polar surface area (TPSA) is 58.6 Å². The lowest BCUT2D eigenvalue weighted by molar-refractivity contribution is -0.304. The van der Waals surface area contributed by atoms with E-state index in [-0.39, 0.29) is 4.90 Å². The fourth-order valence-electron chi connectivity index (χ4n) is 2.35. The highest BCUT2D eigenvalue weighted by Crippen LogP contribution is 2.44. The molecule has 1 atom stereocenters. The molecule has 2 aromatic carbocycles. The molecule has 0 saturated carbocycles. The van der Waals surface area contributed by atoms with Crippen LogP contribution in [0.25, 0.3) is 0 Å². The van der Waals surface area contributed by atoms with Crippen molar-refractivity contribution in [2.75, 3.05) is 11.9 Å². The van der Waals surface area contributed by atoms with Crippen LogP contribution in [0, 0.1) is 17.5 Å². The van der Waals surface area contributed by atoms with Gasteiger partial charge in [-0.2, -0.15) is 22.0 Å². The third-order valence-electron chi connectivity index (χ3n) is 3.99. The fourth-order valence-corrected chi connectivity index (χ4v) is 2.87. The van der Waals surface area contributed by atoms with E-state index >= 15 is 0 Å². The molecule has 0 heterocycles. The second kappa shape index (κ2) is 9.78. The van der Waals surface area contributed by atoms with Crippen LogP contribution in [-0.2, 0) is 0 Å². The zero-order chi connectivity index (χ0) is 26.2. The van der Waals surface area contributed by atoms with Gasteiger partial charge in [0.1, 0.15) is 22.2 Å². The number of carbonyl (C=O) groups is 2. The molecule has 5 nitrogen and oxygen atoms in total. The first kappa shape index (κ1) is 27.4. The molecule has 34 heavy (non-hydrogen) atoms. The van der Waals surface area contributed by atoms with E-state index in [1.807, 2.05) is 0 Å². The summed E-state index contributed by atoms with van der Waals surface area (Å²) in [7, 11) is 0.780. The van der Waals surface area contributed by atoms with E-state index in [9.17, 15) is 49.1 Å². The minimum Gasteiger partial charge on any atom is -0.427 e. The van der Waals surface area contributed by atoms with Crippen molar-refractivity contribution in [3.8, 4) is 5.75 Å². The molecule has 1 unspecified atom stereocenters. The Morgan fingerprint density at radius 2 is 1.59 bits per heavy atom. The lowest BCUT2D eigenvalue weighted by Gasteiger charge is -2.25. The van der Waals surface area contributed by atoms with Crippen molar-refractivity contribution in [2.24, 2.45) is 0 Å². The van der Waals surface area contributed by atoms with Gasteiger partial charge in [-0.1, -0.05) is 29.3 Å². The van der Waals surface area contributed by atoms with Crippen LogP contribution in [0.1, 0.15) is 10.4 Å². The number of alkyl halides is 6. The number of hydrogen-bond donors (Lipinski definition) is 1. The Labute approximate surface area is 194 Å². The van der Waals surface area contributed by atoms with Crippen molar-refractivity contribution in [3.05, 3.63) is 57.3 Å². The highest BCUT2D eigenvalue weighted by Gasteiger charge is 2.59. The first-order chi connectivity index (χ1) is 15.5. The first-order valence-electron chi connectivity index (χ1n) is 8.47. The molecule has 0 aromatic heterocycles. The minimum absolute atomic E-state index is 0.263. The normalized spacial score (nSPS) is 12.8. The molecule has 0 saturated heterocycles. The van der Waals surface area contributed by atoms with Crippen molar-refractivity contribution >= 4 is 40.8 Å². The molecule has 0 aliphatic carbocycles. The van der Waals surface area contributed by atoms with Gasteiger partial charge in [0.15, 0.2) is 11.6 Å². The molecular weight excluding hydrogens is 534 g/mol. The number of carbonyl (C=O) groups excluding carboxylic acids is 2. The van der Waals surface area contributed by atoms with Crippen LogP contribution >= 0.6 is 23.2 Å². The fraction of sp³-hybridized carbons (Fsp3) is 0.222. The minimum atomic E-state index is -6.05. The summed E-state index contributed by atoms with van der Waals surface area (Å²) in [6.07, 6.45) is -16.4. The highest BCUT2D eigenvalue weighted by molar-refractivity contribution is 6.38. The predicted octanol–water partition coefficient (Wildman–Crippen LogP) is 6.27. The molecular formula is C18H9Cl2F9N2O3. The average molecular weight is 543 g/mol. The Kier molecular flexibility index (Phi) is 7.87. The SMILES string of the molecule is CN(C(=O)NC(=O)c1c(F)cccc1F)c1cc(Cl)c(OC(F)(F)C(F)C(F)(F)F)c(Cl)c1F. The quantitative estimate of drug-likeness (QED) is 0.358. The lowest BCUT2D eigenvalue weighted by Crippen LogP contribution is -2.45. The molecule has 0 fully saturated rings. The zero-order valence-electron chi connectivity index (χ0n) is 16.2. The number of ether oxygens (including phenoxy) is 1. The third kappa shape index (κ3) is 5.60. The Balaban J connectivity index is 2.33. The number of nitrogens with zero attached hydrogens (tertiary/aromatic N) is 1. The van der Waals surface area contributed by atoms with Gasteiger partial charge in [0.2, 0.25) is 0 Å². The first-order valence-corrected chi connectivity index (χ1v) is 9.22. The van der Waals surface area contributed by atoms with Crippen LogP contribution in [0.3, 0.4) is 0 Å². The number of rotatable bonds is 5. The van der Waals surface area contributed by atoms with Crippen molar-refractivity contribution in [1.29, 1.82) is 0 Å². The van der Waals surface area contributed by atoms with Crippen molar-refractivity contribution in [1.82, 2.24) is 5.32 Å². The Bertz CT molecular complexity index is 1110. The summed E-state index contributed by atoms with van der Waals surface area (Å²) in [6.45, 7) is 0. The monoisotopic (exact) mass is 542 g/mol. The molecule has 0 aliphatic rings. The smallest absolute Gasteiger partial charge is 0.427 e.